The molecular formula is C17H17NO2. The SMILES string of the molecule is CCOC(=O)c1ccc(-c2ccccc2)nc1C1CC1. The average molecular weight is 267 g/mol. The molecule has 1 aromatic carbocycles. The van der Waals surface area contributed by atoms with E-state index < -0.39 is 0 Å². The van der Waals surface area contributed by atoms with E-state index in [0.717, 1.165) is 29.8 Å². The Labute approximate surface area is 118 Å². The molecule has 1 heterocycles. The molecule has 1 aromatic heterocycles. The third-order valence-electron chi connectivity index (χ3n) is 3.45. The predicted octanol–water partition coefficient (Wildman–Crippen LogP) is 3.80. The molecule has 2 aromatic rings. The molecule has 0 N–H and O–H groups in total. The first-order chi connectivity index (χ1) is 9.79. The fourth-order valence-corrected chi connectivity index (χ4v) is 2.29. The van der Waals surface area contributed by atoms with Crippen molar-refractivity contribution in [3.05, 3.63) is 53.7 Å². The van der Waals surface area contributed by atoms with Gasteiger partial charge in [-0.15, -0.1) is 0 Å². The number of nitrogens with zero attached hydrogens (tertiary/aromatic N) is 1. The highest BCUT2D eigenvalue weighted by molar-refractivity contribution is 5.91. The van der Waals surface area contributed by atoms with E-state index in [0.29, 0.717) is 18.1 Å². The zero-order valence-electron chi connectivity index (χ0n) is 11.5. The number of ether oxygens (including phenoxy) is 1. The Morgan fingerprint density at radius 3 is 2.60 bits per heavy atom. The Kier molecular flexibility index (Phi) is 3.50. The van der Waals surface area contributed by atoms with Crippen molar-refractivity contribution in [3.63, 3.8) is 0 Å². The first-order valence-corrected chi connectivity index (χ1v) is 7.03. The van der Waals surface area contributed by atoms with Crippen LogP contribution in [-0.4, -0.2) is 17.6 Å². The molecule has 0 aliphatic heterocycles. The van der Waals surface area contributed by atoms with Gasteiger partial charge in [-0.2, -0.15) is 0 Å². The fourth-order valence-electron chi connectivity index (χ4n) is 2.29. The summed E-state index contributed by atoms with van der Waals surface area (Å²) in [7, 11) is 0. The van der Waals surface area contributed by atoms with E-state index in [4.69, 9.17) is 9.72 Å². The summed E-state index contributed by atoms with van der Waals surface area (Å²) in [6.07, 6.45) is 2.22. The zero-order valence-corrected chi connectivity index (χ0v) is 11.5. The van der Waals surface area contributed by atoms with Crippen molar-refractivity contribution in [2.75, 3.05) is 6.61 Å². The van der Waals surface area contributed by atoms with Crippen LogP contribution in [0.25, 0.3) is 11.3 Å². The molecule has 0 spiro atoms. The summed E-state index contributed by atoms with van der Waals surface area (Å²) in [5.74, 6) is 0.152. The molecule has 0 atom stereocenters. The van der Waals surface area contributed by atoms with Crippen molar-refractivity contribution in [2.45, 2.75) is 25.7 Å². The Bertz CT molecular complexity index is 618. The maximum Gasteiger partial charge on any atom is 0.339 e. The normalized spacial score (nSPS) is 14.1. The van der Waals surface area contributed by atoms with Gasteiger partial charge in [0, 0.05) is 11.5 Å². The van der Waals surface area contributed by atoms with Gasteiger partial charge in [0.25, 0.3) is 0 Å². The predicted molar refractivity (Wildman–Crippen MR) is 77.6 cm³/mol. The van der Waals surface area contributed by atoms with E-state index >= 15 is 0 Å². The van der Waals surface area contributed by atoms with Crippen molar-refractivity contribution in [2.24, 2.45) is 0 Å². The van der Waals surface area contributed by atoms with Crippen molar-refractivity contribution in [3.8, 4) is 11.3 Å². The van der Waals surface area contributed by atoms with Crippen LogP contribution in [0.5, 0.6) is 0 Å². The van der Waals surface area contributed by atoms with Crippen LogP contribution in [0.3, 0.4) is 0 Å². The number of rotatable bonds is 4. The monoisotopic (exact) mass is 267 g/mol. The lowest BCUT2D eigenvalue weighted by molar-refractivity contribution is 0.0524. The molecule has 1 aliphatic rings. The largest absolute Gasteiger partial charge is 0.462 e. The van der Waals surface area contributed by atoms with Gasteiger partial charge in [-0.05, 0) is 31.9 Å². The number of carbonyl (C=O) groups is 1. The van der Waals surface area contributed by atoms with Crippen molar-refractivity contribution >= 4 is 5.97 Å². The van der Waals surface area contributed by atoms with Crippen molar-refractivity contribution in [1.82, 2.24) is 4.98 Å². The number of benzene rings is 1. The average Bonchev–Trinajstić information content (AvgIpc) is 3.32. The summed E-state index contributed by atoms with van der Waals surface area (Å²) in [6.45, 7) is 2.21. The molecule has 3 rings (SSSR count). The summed E-state index contributed by atoms with van der Waals surface area (Å²) >= 11 is 0. The molecule has 0 saturated heterocycles. The lowest BCUT2D eigenvalue weighted by Gasteiger charge is -2.09. The highest BCUT2D eigenvalue weighted by Gasteiger charge is 2.30. The van der Waals surface area contributed by atoms with Gasteiger partial charge in [-0.1, -0.05) is 30.3 Å². The topological polar surface area (TPSA) is 39.2 Å². The zero-order chi connectivity index (χ0) is 13.9. The number of aromatic nitrogens is 1. The van der Waals surface area contributed by atoms with Crippen LogP contribution < -0.4 is 0 Å². The van der Waals surface area contributed by atoms with E-state index in [-0.39, 0.29) is 5.97 Å². The van der Waals surface area contributed by atoms with Crippen LogP contribution in [0, 0.1) is 0 Å². The Morgan fingerprint density at radius 2 is 1.95 bits per heavy atom. The van der Waals surface area contributed by atoms with Crippen LogP contribution >= 0.6 is 0 Å². The lowest BCUT2D eigenvalue weighted by Crippen LogP contribution is -2.09. The summed E-state index contributed by atoms with van der Waals surface area (Å²) in [5, 5.41) is 0. The molecule has 0 radical (unpaired) electrons. The molecule has 1 fully saturated rings. The van der Waals surface area contributed by atoms with Gasteiger partial charge in [0.1, 0.15) is 0 Å². The van der Waals surface area contributed by atoms with Crippen molar-refractivity contribution in [1.29, 1.82) is 0 Å². The second-order valence-electron chi connectivity index (χ2n) is 4.99. The number of hydrogen-bond donors (Lipinski definition) is 0. The second-order valence-corrected chi connectivity index (χ2v) is 4.99. The van der Waals surface area contributed by atoms with Gasteiger partial charge in [0.15, 0.2) is 0 Å². The first-order valence-electron chi connectivity index (χ1n) is 7.03. The second kappa shape index (κ2) is 5.45. The molecular weight excluding hydrogens is 250 g/mol. The van der Waals surface area contributed by atoms with Gasteiger partial charge >= 0.3 is 5.97 Å². The Hall–Kier alpha value is -2.16. The van der Waals surface area contributed by atoms with E-state index in [1.165, 1.54) is 0 Å². The summed E-state index contributed by atoms with van der Waals surface area (Å²) in [6, 6.07) is 13.8. The van der Waals surface area contributed by atoms with Crippen molar-refractivity contribution < 1.29 is 9.53 Å². The van der Waals surface area contributed by atoms with Crippen LogP contribution in [0.15, 0.2) is 42.5 Å². The summed E-state index contributed by atoms with van der Waals surface area (Å²) in [5.41, 5.74) is 3.50. The van der Waals surface area contributed by atoms with Gasteiger partial charge in [0.2, 0.25) is 0 Å². The minimum Gasteiger partial charge on any atom is -0.462 e. The number of esters is 1. The van der Waals surface area contributed by atoms with Gasteiger partial charge < -0.3 is 4.74 Å². The van der Waals surface area contributed by atoms with Gasteiger partial charge in [0.05, 0.1) is 23.6 Å². The summed E-state index contributed by atoms with van der Waals surface area (Å²) in [4.78, 5) is 16.7. The van der Waals surface area contributed by atoms with E-state index in [1.807, 2.05) is 49.4 Å². The van der Waals surface area contributed by atoms with E-state index in [9.17, 15) is 4.79 Å². The quantitative estimate of drug-likeness (QED) is 0.791. The molecule has 3 nitrogen and oxygen atoms in total. The van der Waals surface area contributed by atoms with Crippen LogP contribution in [0.4, 0.5) is 0 Å². The Balaban J connectivity index is 2.00. The van der Waals surface area contributed by atoms with E-state index in [1.54, 1.807) is 0 Å². The molecule has 0 bridgehead atoms. The molecule has 1 aliphatic carbocycles. The number of carbonyl (C=O) groups excluding carboxylic acids is 1. The van der Waals surface area contributed by atoms with Gasteiger partial charge in [-0.25, -0.2) is 4.79 Å². The molecule has 102 valence electrons. The van der Waals surface area contributed by atoms with Crippen LogP contribution in [-0.2, 0) is 4.74 Å². The maximum absolute atomic E-state index is 12.0. The minimum absolute atomic E-state index is 0.262. The highest BCUT2D eigenvalue weighted by atomic mass is 16.5. The lowest BCUT2D eigenvalue weighted by atomic mass is 10.1. The van der Waals surface area contributed by atoms with Crippen LogP contribution in [0.1, 0.15) is 41.7 Å². The molecule has 20 heavy (non-hydrogen) atoms. The molecule has 0 amide bonds. The maximum atomic E-state index is 12.0. The summed E-state index contributed by atoms with van der Waals surface area (Å²) < 4.78 is 5.11. The smallest absolute Gasteiger partial charge is 0.339 e. The first kappa shape index (κ1) is 12.9. The third-order valence-corrected chi connectivity index (χ3v) is 3.45. The fraction of sp³-hybridized carbons (Fsp3) is 0.294. The minimum atomic E-state index is -0.262. The molecule has 1 saturated carbocycles. The molecule has 3 heteroatoms. The standard InChI is InChI=1S/C17H17NO2/c1-2-20-17(19)14-10-11-15(12-6-4-3-5-7-12)18-16(14)13-8-9-13/h3-7,10-11,13H,2,8-9H2,1H3. The van der Waals surface area contributed by atoms with E-state index in [2.05, 4.69) is 0 Å². The highest BCUT2D eigenvalue weighted by Crippen LogP contribution is 2.41. The number of pyridine rings is 1. The Morgan fingerprint density at radius 1 is 1.20 bits per heavy atom. The number of hydrogen-bond acceptors (Lipinski definition) is 3. The molecule has 0 unspecified atom stereocenters. The third kappa shape index (κ3) is 2.57. The van der Waals surface area contributed by atoms with Crippen LogP contribution in [0.2, 0.25) is 0 Å². The van der Waals surface area contributed by atoms with Gasteiger partial charge in [-0.3, -0.25) is 4.98 Å².